The lowest BCUT2D eigenvalue weighted by Crippen LogP contribution is -2.08. The standard InChI is InChI=1S/C9H9ClN2OS/c1-6(5-11)14(13)7-2-3-9(12)8(10)4-7/h2-4,6H,12H2,1H3. The number of halogens is 1. The van der Waals surface area contributed by atoms with Crippen molar-refractivity contribution in [3.8, 4) is 6.07 Å². The molecule has 0 fully saturated rings. The van der Waals surface area contributed by atoms with E-state index in [9.17, 15) is 4.21 Å². The number of nitrogen functional groups attached to an aromatic ring is 1. The summed E-state index contributed by atoms with van der Waals surface area (Å²) in [5.41, 5.74) is 5.94. The molecule has 1 aromatic carbocycles. The van der Waals surface area contributed by atoms with Crippen molar-refractivity contribution >= 4 is 28.1 Å². The van der Waals surface area contributed by atoms with Gasteiger partial charge in [-0.1, -0.05) is 11.6 Å². The Balaban J connectivity index is 3.04. The summed E-state index contributed by atoms with van der Waals surface area (Å²) in [6.45, 7) is 1.60. The molecule has 0 spiro atoms. The zero-order chi connectivity index (χ0) is 10.7. The van der Waals surface area contributed by atoms with Crippen LogP contribution in [0.3, 0.4) is 0 Å². The minimum atomic E-state index is -1.35. The van der Waals surface area contributed by atoms with Gasteiger partial charge in [-0.15, -0.1) is 0 Å². The van der Waals surface area contributed by atoms with E-state index in [-0.39, 0.29) is 0 Å². The molecule has 0 heterocycles. The molecule has 2 atom stereocenters. The van der Waals surface area contributed by atoms with E-state index in [2.05, 4.69) is 0 Å². The molecule has 1 rings (SSSR count). The van der Waals surface area contributed by atoms with E-state index in [1.165, 1.54) is 6.07 Å². The topological polar surface area (TPSA) is 66.9 Å². The molecule has 0 aliphatic heterocycles. The first-order valence-corrected chi connectivity index (χ1v) is 5.50. The highest BCUT2D eigenvalue weighted by Crippen LogP contribution is 2.22. The number of rotatable bonds is 2. The third kappa shape index (κ3) is 2.25. The third-order valence-electron chi connectivity index (χ3n) is 1.71. The van der Waals surface area contributed by atoms with Crippen LogP contribution in [0.15, 0.2) is 23.1 Å². The van der Waals surface area contributed by atoms with Crippen LogP contribution in [0.2, 0.25) is 5.02 Å². The Morgan fingerprint density at radius 3 is 2.79 bits per heavy atom. The second-order valence-corrected chi connectivity index (χ2v) is 4.93. The Morgan fingerprint density at radius 2 is 2.29 bits per heavy atom. The fourth-order valence-electron chi connectivity index (χ4n) is 0.885. The zero-order valence-corrected chi connectivity index (χ0v) is 9.10. The smallest absolute Gasteiger partial charge is 0.123 e. The molecule has 3 nitrogen and oxygen atoms in total. The Morgan fingerprint density at radius 1 is 1.64 bits per heavy atom. The molecule has 2 unspecified atom stereocenters. The monoisotopic (exact) mass is 228 g/mol. The van der Waals surface area contributed by atoms with Gasteiger partial charge in [0.25, 0.3) is 0 Å². The van der Waals surface area contributed by atoms with E-state index in [1.54, 1.807) is 19.1 Å². The average Bonchev–Trinajstić information content (AvgIpc) is 2.20. The second-order valence-electron chi connectivity index (χ2n) is 2.75. The van der Waals surface area contributed by atoms with Gasteiger partial charge in [-0.3, -0.25) is 4.21 Å². The predicted molar refractivity (Wildman–Crippen MR) is 57.3 cm³/mol. The SMILES string of the molecule is CC(C#N)S(=O)c1ccc(N)c(Cl)c1. The van der Waals surface area contributed by atoms with Crippen LogP contribution in [-0.2, 0) is 10.8 Å². The zero-order valence-electron chi connectivity index (χ0n) is 7.53. The first kappa shape index (κ1) is 11.0. The predicted octanol–water partition coefficient (Wildman–Crippen LogP) is 1.94. The molecule has 0 amide bonds. The van der Waals surface area contributed by atoms with Gasteiger partial charge in [0, 0.05) is 4.90 Å². The van der Waals surface area contributed by atoms with E-state index in [0.717, 1.165) is 0 Å². The van der Waals surface area contributed by atoms with Crippen molar-refractivity contribution in [2.24, 2.45) is 0 Å². The Bertz CT molecular complexity index is 414. The van der Waals surface area contributed by atoms with Crippen molar-refractivity contribution in [2.75, 3.05) is 5.73 Å². The summed E-state index contributed by atoms with van der Waals surface area (Å²) in [6, 6.07) is 6.65. The number of nitriles is 1. The highest BCUT2D eigenvalue weighted by molar-refractivity contribution is 7.86. The lowest BCUT2D eigenvalue weighted by Gasteiger charge is -2.04. The second kappa shape index (κ2) is 4.45. The first-order valence-electron chi connectivity index (χ1n) is 3.91. The van der Waals surface area contributed by atoms with Gasteiger partial charge in [0.2, 0.25) is 0 Å². The largest absolute Gasteiger partial charge is 0.398 e. The number of hydrogen-bond acceptors (Lipinski definition) is 3. The van der Waals surface area contributed by atoms with E-state index in [4.69, 9.17) is 22.6 Å². The highest BCUT2D eigenvalue weighted by atomic mass is 35.5. The summed E-state index contributed by atoms with van der Waals surface area (Å²) in [6.07, 6.45) is 0. The van der Waals surface area contributed by atoms with Crippen LogP contribution in [0.1, 0.15) is 6.92 Å². The summed E-state index contributed by atoms with van der Waals surface area (Å²) in [4.78, 5) is 0.526. The van der Waals surface area contributed by atoms with Crippen molar-refractivity contribution in [1.29, 1.82) is 5.26 Å². The van der Waals surface area contributed by atoms with Crippen molar-refractivity contribution in [3.05, 3.63) is 23.2 Å². The lowest BCUT2D eigenvalue weighted by atomic mass is 10.3. The fourth-order valence-corrected chi connectivity index (χ4v) is 2.07. The number of nitrogens with zero attached hydrogens (tertiary/aromatic N) is 1. The van der Waals surface area contributed by atoms with Gasteiger partial charge >= 0.3 is 0 Å². The molecule has 0 saturated heterocycles. The molecule has 0 bridgehead atoms. The van der Waals surface area contributed by atoms with Crippen LogP contribution >= 0.6 is 11.6 Å². The summed E-state index contributed by atoms with van der Waals surface area (Å²) in [7, 11) is -1.35. The van der Waals surface area contributed by atoms with E-state index in [0.29, 0.717) is 15.6 Å². The molecule has 1 aromatic rings. The molecule has 2 N–H and O–H groups in total. The van der Waals surface area contributed by atoms with Crippen LogP contribution in [0.4, 0.5) is 5.69 Å². The highest BCUT2D eigenvalue weighted by Gasteiger charge is 2.13. The minimum Gasteiger partial charge on any atom is -0.398 e. The molecular weight excluding hydrogens is 220 g/mol. The molecular formula is C9H9ClN2OS. The van der Waals surface area contributed by atoms with E-state index >= 15 is 0 Å². The third-order valence-corrected chi connectivity index (χ3v) is 3.50. The molecule has 0 aromatic heterocycles. The molecule has 14 heavy (non-hydrogen) atoms. The molecule has 0 radical (unpaired) electrons. The molecule has 5 heteroatoms. The minimum absolute atomic E-state index is 0.362. The van der Waals surface area contributed by atoms with Crippen LogP contribution in [-0.4, -0.2) is 9.46 Å². The first-order chi connectivity index (χ1) is 6.56. The van der Waals surface area contributed by atoms with Gasteiger partial charge in [-0.25, -0.2) is 0 Å². The molecule has 74 valence electrons. The number of benzene rings is 1. The number of nitrogens with two attached hydrogens (primary N) is 1. The quantitative estimate of drug-likeness (QED) is 0.787. The maximum atomic E-state index is 11.6. The summed E-state index contributed by atoms with van der Waals surface area (Å²) >= 11 is 5.76. The van der Waals surface area contributed by atoms with Crippen molar-refractivity contribution < 1.29 is 4.21 Å². The van der Waals surface area contributed by atoms with Gasteiger partial charge in [0.05, 0.1) is 27.6 Å². The van der Waals surface area contributed by atoms with E-state index in [1.807, 2.05) is 6.07 Å². The van der Waals surface area contributed by atoms with Crippen LogP contribution in [0.25, 0.3) is 0 Å². The Kier molecular flexibility index (Phi) is 3.50. The average molecular weight is 229 g/mol. The van der Waals surface area contributed by atoms with Gasteiger partial charge in [0.1, 0.15) is 5.25 Å². The molecule has 0 saturated carbocycles. The van der Waals surface area contributed by atoms with Gasteiger partial charge < -0.3 is 5.73 Å². The normalized spacial score (nSPS) is 14.4. The lowest BCUT2D eigenvalue weighted by molar-refractivity contribution is 0.680. The summed E-state index contributed by atoms with van der Waals surface area (Å²) < 4.78 is 11.6. The number of anilines is 1. The maximum Gasteiger partial charge on any atom is 0.123 e. The van der Waals surface area contributed by atoms with Crippen molar-refractivity contribution in [3.63, 3.8) is 0 Å². The molecule has 0 aliphatic carbocycles. The maximum absolute atomic E-state index is 11.6. The Hall–Kier alpha value is -1.05. The van der Waals surface area contributed by atoms with Gasteiger partial charge in [-0.2, -0.15) is 5.26 Å². The van der Waals surface area contributed by atoms with Crippen LogP contribution in [0.5, 0.6) is 0 Å². The van der Waals surface area contributed by atoms with Gasteiger partial charge in [0.15, 0.2) is 0 Å². The van der Waals surface area contributed by atoms with E-state index < -0.39 is 16.0 Å². The van der Waals surface area contributed by atoms with Crippen molar-refractivity contribution in [1.82, 2.24) is 0 Å². The van der Waals surface area contributed by atoms with Crippen LogP contribution in [0, 0.1) is 11.3 Å². The fraction of sp³-hybridized carbons (Fsp3) is 0.222. The Labute approximate surface area is 89.9 Å². The van der Waals surface area contributed by atoms with Crippen LogP contribution < -0.4 is 5.73 Å². The number of hydrogen-bond donors (Lipinski definition) is 1. The van der Waals surface area contributed by atoms with Crippen molar-refractivity contribution in [2.45, 2.75) is 17.1 Å². The summed E-state index contributed by atoms with van der Waals surface area (Å²) in [5, 5.41) is 8.41. The van der Waals surface area contributed by atoms with Gasteiger partial charge in [-0.05, 0) is 25.1 Å². The summed E-state index contributed by atoms with van der Waals surface area (Å²) in [5.74, 6) is 0. The molecule has 0 aliphatic rings.